The fourth-order valence-electron chi connectivity index (χ4n) is 4.77. The second-order valence-electron chi connectivity index (χ2n) is 10.6. The van der Waals surface area contributed by atoms with Crippen LogP contribution in [-0.2, 0) is 4.79 Å². The first-order chi connectivity index (χ1) is 18.1. The Hall–Kier alpha value is -3.36. The topological polar surface area (TPSA) is 88.1 Å². The highest BCUT2D eigenvalue weighted by Gasteiger charge is 2.31. The van der Waals surface area contributed by atoms with Crippen molar-refractivity contribution in [2.45, 2.75) is 58.9 Å². The van der Waals surface area contributed by atoms with Crippen molar-refractivity contribution < 1.29 is 9.63 Å². The molecule has 198 valence electrons. The molecule has 10 heteroatoms. The lowest BCUT2D eigenvalue weighted by Crippen LogP contribution is -2.48. The van der Waals surface area contributed by atoms with Crippen LogP contribution in [0.2, 0.25) is 10.0 Å². The number of benzene rings is 2. The van der Waals surface area contributed by atoms with Crippen LogP contribution in [0.15, 0.2) is 58.1 Å². The monoisotopic (exact) mass is 554 g/mol. The Kier molecular flexibility index (Phi) is 6.96. The number of hydrogen-bond acceptors (Lipinski definition) is 5. The molecule has 2 aromatic heterocycles. The summed E-state index contributed by atoms with van der Waals surface area (Å²) in [4.78, 5) is 51.0. The third kappa shape index (κ3) is 4.67. The summed E-state index contributed by atoms with van der Waals surface area (Å²) in [5, 5.41) is 0.956. The number of halogens is 2. The van der Waals surface area contributed by atoms with Crippen molar-refractivity contribution in [1.29, 1.82) is 0 Å². The molecule has 0 N–H and O–H groups in total. The van der Waals surface area contributed by atoms with E-state index in [1.54, 1.807) is 67.8 Å². The van der Waals surface area contributed by atoms with Gasteiger partial charge < -0.3 is 4.84 Å². The molecule has 0 aliphatic heterocycles. The van der Waals surface area contributed by atoms with Gasteiger partial charge in [-0.1, -0.05) is 59.3 Å². The van der Waals surface area contributed by atoms with Gasteiger partial charge in [0.25, 0.3) is 0 Å². The van der Waals surface area contributed by atoms with Gasteiger partial charge in [-0.15, -0.1) is 0 Å². The zero-order valence-electron chi connectivity index (χ0n) is 21.4. The van der Waals surface area contributed by atoms with Gasteiger partial charge in [-0.25, -0.2) is 14.6 Å². The summed E-state index contributed by atoms with van der Waals surface area (Å²) in [5.74, 6) is -0.316. The van der Waals surface area contributed by atoms with Crippen molar-refractivity contribution in [3.8, 4) is 17.1 Å². The standard InChI is InChI=1S/C28H28Cl2N4O4/c1-28(2,3)26(36)38-34-25(35)22-24(33(27(34)37)18-9-5-4-6-10-18)31-23(20-11-7-8-12-21(20)30)32(22)19-15-13-17(29)14-16-19/h7-8,11-16,18H,4-6,9-10H2,1-3H3. The summed E-state index contributed by atoms with van der Waals surface area (Å²) in [6.07, 6.45) is 4.44. The maximum atomic E-state index is 14.0. The Bertz CT molecular complexity index is 1640. The van der Waals surface area contributed by atoms with Crippen LogP contribution in [0.1, 0.15) is 58.9 Å². The van der Waals surface area contributed by atoms with Gasteiger partial charge in [-0.05, 0) is 70.0 Å². The molecule has 0 unspecified atom stereocenters. The van der Waals surface area contributed by atoms with Crippen LogP contribution in [-0.4, -0.2) is 24.8 Å². The van der Waals surface area contributed by atoms with E-state index in [4.69, 9.17) is 33.0 Å². The molecule has 1 aliphatic rings. The average molecular weight is 555 g/mol. The van der Waals surface area contributed by atoms with Crippen LogP contribution in [0.25, 0.3) is 28.2 Å². The lowest BCUT2D eigenvalue weighted by molar-refractivity contribution is -0.154. The summed E-state index contributed by atoms with van der Waals surface area (Å²) < 4.78 is 3.74. The molecule has 5 rings (SSSR count). The maximum Gasteiger partial charge on any atom is 0.367 e. The molecule has 0 radical (unpaired) electrons. The first-order valence-corrected chi connectivity index (χ1v) is 13.4. The highest BCUT2D eigenvalue weighted by Crippen LogP contribution is 2.34. The van der Waals surface area contributed by atoms with Crippen molar-refractivity contribution in [3.05, 3.63) is 79.4 Å². The summed E-state index contributed by atoms with van der Waals surface area (Å²) in [7, 11) is 0. The van der Waals surface area contributed by atoms with Gasteiger partial charge in [0.1, 0.15) is 5.82 Å². The van der Waals surface area contributed by atoms with E-state index in [1.165, 1.54) is 4.57 Å². The molecule has 1 saturated carbocycles. The molecule has 1 aliphatic carbocycles. The Labute approximate surface area is 229 Å². The molecule has 0 atom stereocenters. The van der Waals surface area contributed by atoms with Crippen LogP contribution in [0.3, 0.4) is 0 Å². The Morgan fingerprint density at radius 1 is 0.974 bits per heavy atom. The van der Waals surface area contributed by atoms with Crippen molar-refractivity contribution in [2.75, 3.05) is 0 Å². The zero-order valence-corrected chi connectivity index (χ0v) is 22.9. The van der Waals surface area contributed by atoms with E-state index in [9.17, 15) is 14.4 Å². The molecule has 2 aromatic carbocycles. The number of hydrogen-bond donors (Lipinski definition) is 0. The molecule has 8 nitrogen and oxygen atoms in total. The molecule has 0 amide bonds. The molecular weight excluding hydrogens is 527 g/mol. The van der Waals surface area contributed by atoms with Gasteiger partial charge in [-0.3, -0.25) is 13.9 Å². The molecule has 0 saturated heterocycles. The summed E-state index contributed by atoms with van der Waals surface area (Å²) in [6.45, 7) is 4.98. The molecular formula is C28H28Cl2N4O4. The Morgan fingerprint density at radius 3 is 2.26 bits per heavy atom. The van der Waals surface area contributed by atoms with Crippen molar-refractivity contribution in [1.82, 2.24) is 18.8 Å². The summed E-state index contributed by atoms with van der Waals surface area (Å²) >= 11 is 12.7. The number of imidazole rings is 1. The SMILES string of the molecule is CC(C)(C)C(=O)On1c(=O)c2c(nc(-c3ccccc3Cl)n2-c2ccc(Cl)cc2)n(C2CCCCC2)c1=O. The zero-order chi connectivity index (χ0) is 27.2. The molecule has 38 heavy (non-hydrogen) atoms. The van der Waals surface area contributed by atoms with Gasteiger partial charge in [0, 0.05) is 22.3 Å². The smallest absolute Gasteiger partial charge is 0.328 e. The second kappa shape index (κ2) is 10.1. The number of aromatic nitrogens is 4. The first kappa shape index (κ1) is 26.3. The average Bonchev–Trinajstić information content (AvgIpc) is 3.27. The van der Waals surface area contributed by atoms with E-state index >= 15 is 0 Å². The lowest BCUT2D eigenvalue weighted by atomic mass is 9.95. The minimum Gasteiger partial charge on any atom is -0.328 e. The van der Waals surface area contributed by atoms with E-state index in [0.29, 0.717) is 31.9 Å². The van der Waals surface area contributed by atoms with Gasteiger partial charge in [0.05, 0.1) is 10.4 Å². The molecule has 0 bridgehead atoms. The number of rotatable bonds is 4. The predicted octanol–water partition coefficient (Wildman–Crippen LogP) is 5.83. The van der Waals surface area contributed by atoms with Gasteiger partial charge in [-0.2, -0.15) is 0 Å². The maximum absolute atomic E-state index is 14.0. The quantitative estimate of drug-likeness (QED) is 0.316. The largest absolute Gasteiger partial charge is 0.367 e. The second-order valence-corrected chi connectivity index (χ2v) is 11.4. The summed E-state index contributed by atoms with van der Waals surface area (Å²) in [6, 6.07) is 13.9. The van der Waals surface area contributed by atoms with Crippen LogP contribution >= 0.6 is 23.2 Å². The Morgan fingerprint density at radius 2 is 1.63 bits per heavy atom. The predicted molar refractivity (Wildman–Crippen MR) is 148 cm³/mol. The van der Waals surface area contributed by atoms with Crippen molar-refractivity contribution in [2.24, 2.45) is 5.41 Å². The van der Waals surface area contributed by atoms with Gasteiger partial charge >= 0.3 is 17.2 Å². The Balaban J connectivity index is 1.92. The van der Waals surface area contributed by atoms with Crippen LogP contribution in [0.4, 0.5) is 0 Å². The van der Waals surface area contributed by atoms with Crippen LogP contribution in [0, 0.1) is 5.41 Å². The lowest BCUT2D eigenvalue weighted by Gasteiger charge is -2.25. The van der Waals surface area contributed by atoms with Crippen LogP contribution in [0.5, 0.6) is 0 Å². The number of fused-ring (bicyclic) bond motifs is 1. The van der Waals surface area contributed by atoms with Gasteiger partial charge in [0.2, 0.25) is 0 Å². The van der Waals surface area contributed by atoms with Crippen molar-refractivity contribution >= 4 is 40.3 Å². The third-order valence-electron chi connectivity index (χ3n) is 6.78. The molecule has 0 spiro atoms. The molecule has 1 fully saturated rings. The highest BCUT2D eigenvalue weighted by molar-refractivity contribution is 6.33. The number of nitrogens with zero attached hydrogens (tertiary/aromatic N) is 4. The van der Waals surface area contributed by atoms with Crippen molar-refractivity contribution in [3.63, 3.8) is 0 Å². The molecule has 4 aromatic rings. The number of carbonyl (C=O) groups excluding carboxylic acids is 1. The van der Waals surface area contributed by atoms with E-state index < -0.39 is 22.6 Å². The van der Waals surface area contributed by atoms with E-state index in [1.807, 2.05) is 6.07 Å². The third-order valence-corrected chi connectivity index (χ3v) is 7.36. The number of carbonyl (C=O) groups is 1. The molecule has 2 heterocycles. The van der Waals surface area contributed by atoms with E-state index in [0.717, 1.165) is 32.1 Å². The van der Waals surface area contributed by atoms with E-state index in [-0.39, 0.29) is 17.2 Å². The summed E-state index contributed by atoms with van der Waals surface area (Å²) in [5.41, 5.74) is -0.940. The fraction of sp³-hybridized carbons (Fsp3) is 0.357. The van der Waals surface area contributed by atoms with Crippen LogP contribution < -0.4 is 16.1 Å². The first-order valence-electron chi connectivity index (χ1n) is 12.6. The highest BCUT2D eigenvalue weighted by atomic mass is 35.5. The minimum atomic E-state index is -0.935. The van der Waals surface area contributed by atoms with E-state index in [2.05, 4.69) is 0 Å². The van der Waals surface area contributed by atoms with Gasteiger partial charge in [0.15, 0.2) is 11.2 Å². The minimum absolute atomic E-state index is 0.106. The fourth-order valence-corrected chi connectivity index (χ4v) is 5.12. The normalized spacial score (nSPS) is 14.7.